The number of hydrogen-bond acceptors (Lipinski definition) is 3. The van der Waals surface area contributed by atoms with Crippen LogP contribution in [0.15, 0.2) is 0 Å². The monoisotopic (exact) mass is 216 g/mol. The fourth-order valence-electron chi connectivity index (χ4n) is 1.93. The van der Waals surface area contributed by atoms with E-state index in [1.165, 1.54) is 20.0 Å². The quantitative estimate of drug-likeness (QED) is 0.712. The van der Waals surface area contributed by atoms with Gasteiger partial charge in [0.25, 0.3) is 0 Å². The van der Waals surface area contributed by atoms with Crippen LogP contribution in [0.25, 0.3) is 0 Å². The maximum absolute atomic E-state index is 10.8. The Morgan fingerprint density at radius 2 is 1.93 bits per heavy atom. The van der Waals surface area contributed by atoms with E-state index in [-0.39, 0.29) is 12.7 Å². The highest BCUT2D eigenvalue weighted by Crippen LogP contribution is 2.21. The minimum Gasteiger partial charge on any atom is -0.479 e. The summed E-state index contributed by atoms with van der Waals surface area (Å²) < 4.78 is 10.4. The second kappa shape index (κ2) is 6.80. The van der Waals surface area contributed by atoms with Crippen molar-refractivity contribution < 1.29 is 19.4 Å². The SMILES string of the molecule is COCC(OC1CCCCCC1)C(=O)O. The van der Waals surface area contributed by atoms with Gasteiger partial charge in [-0.25, -0.2) is 4.79 Å². The van der Waals surface area contributed by atoms with E-state index in [1.54, 1.807) is 0 Å². The summed E-state index contributed by atoms with van der Waals surface area (Å²) in [6, 6.07) is 0. The van der Waals surface area contributed by atoms with Gasteiger partial charge in [0.1, 0.15) is 0 Å². The molecule has 4 nitrogen and oxygen atoms in total. The fraction of sp³-hybridized carbons (Fsp3) is 0.909. The van der Waals surface area contributed by atoms with E-state index >= 15 is 0 Å². The molecule has 0 aromatic heterocycles. The molecule has 0 amide bonds. The molecule has 1 unspecified atom stereocenters. The second-order valence-electron chi connectivity index (χ2n) is 4.03. The molecule has 1 rings (SSSR count). The van der Waals surface area contributed by atoms with Gasteiger partial charge in [-0.3, -0.25) is 0 Å². The number of carbonyl (C=O) groups is 1. The van der Waals surface area contributed by atoms with Crippen LogP contribution in [0.2, 0.25) is 0 Å². The van der Waals surface area contributed by atoms with Crippen molar-refractivity contribution in [3.8, 4) is 0 Å². The smallest absolute Gasteiger partial charge is 0.335 e. The van der Waals surface area contributed by atoms with Crippen LogP contribution in [0.3, 0.4) is 0 Å². The van der Waals surface area contributed by atoms with Gasteiger partial charge in [0.15, 0.2) is 6.10 Å². The van der Waals surface area contributed by atoms with Gasteiger partial charge in [-0.05, 0) is 12.8 Å². The first-order valence-corrected chi connectivity index (χ1v) is 5.61. The van der Waals surface area contributed by atoms with E-state index < -0.39 is 12.1 Å². The van der Waals surface area contributed by atoms with Crippen molar-refractivity contribution in [2.24, 2.45) is 0 Å². The van der Waals surface area contributed by atoms with Crippen molar-refractivity contribution in [2.75, 3.05) is 13.7 Å². The molecule has 1 aliphatic carbocycles. The summed E-state index contributed by atoms with van der Waals surface area (Å²) in [5.74, 6) is -0.930. The van der Waals surface area contributed by atoms with Crippen LogP contribution >= 0.6 is 0 Å². The number of carboxylic acid groups (broad SMARTS) is 1. The number of methoxy groups -OCH3 is 1. The van der Waals surface area contributed by atoms with Crippen molar-refractivity contribution in [3.05, 3.63) is 0 Å². The lowest BCUT2D eigenvalue weighted by Gasteiger charge is -2.20. The van der Waals surface area contributed by atoms with E-state index in [4.69, 9.17) is 14.6 Å². The largest absolute Gasteiger partial charge is 0.479 e. The van der Waals surface area contributed by atoms with Crippen molar-refractivity contribution >= 4 is 5.97 Å². The highest BCUT2D eigenvalue weighted by molar-refractivity contribution is 5.72. The summed E-state index contributed by atoms with van der Waals surface area (Å²) in [5.41, 5.74) is 0. The van der Waals surface area contributed by atoms with Crippen LogP contribution in [-0.2, 0) is 14.3 Å². The van der Waals surface area contributed by atoms with Crippen molar-refractivity contribution in [3.63, 3.8) is 0 Å². The molecule has 0 aromatic carbocycles. The maximum Gasteiger partial charge on any atom is 0.335 e. The molecule has 1 N–H and O–H groups in total. The molecule has 1 aliphatic rings. The van der Waals surface area contributed by atoms with Crippen LogP contribution in [0.1, 0.15) is 38.5 Å². The van der Waals surface area contributed by atoms with E-state index in [0.717, 1.165) is 25.7 Å². The zero-order chi connectivity index (χ0) is 11.1. The summed E-state index contributed by atoms with van der Waals surface area (Å²) >= 11 is 0. The molecule has 0 spiro atoms. The molecule has 1 fully saturated rings. The Morgan fingerprint density at radius 3 is 2.40 bits per heavy atom. The molecule has 0 saturated heterocycles. The molecule has 4 heteroatoms. The summed E-state index contributed by atoms with van der Waals surface area (Å²) in [7, 11) is 1.49. The molecular weight excluding hydrogens is 196 g/mol. The molecule has 0 bridgehead atoms. The molecule has 15 heavy (non-hydrogen) atoms. The third-order valence-electron chi connectivity index (χ3n) is 2.75. The van der Waals surface area contributed by atoms with Gasteiger partial charge in [0, 0.05) is 7.11 Å². The number of rotatable bonds is 5. The van der Waals surface area contributed by atoms with Gasteiger partial charge in [0.05, 0.1) is 12.7 Å². The third-order valence-corrected chi connectivity index (χ3v) is 2.75. The Hall–Kier alpha value is -0.610. The van der Waals surface area contributed by atoms with Crippen LogP contribution in [0.5, 0.6) is 0 Å². The van der Waals surface area contributed by atoms with E-state index in [1.807, 2.05) is 0 Å². The molecular formula is C11H20O4. The standard InChI is InChI=1S/C11H20O4/c1-14-8-10(11(12)13)15-9-6-4-2-3-5-7-9/h9-10H,2-8H2,1H3,(H,12,13). The first-order valence-electron chi connectivity index (χ1n) is 5.61. The predicted octanol–water partition coefficient (Wildman–Crippen LogP) is 1.83. The predicted molar refractivity (Wildman–Crippen MR) is 55.9 cm³/mol. The highest BCUT2D eigenvalue weighted by atomic mass is 16.6. The van der Waals surface area contributed by atoms with Crippen molar-refractivity contribution in [1.29, 1.82) is 0 Å². The summed E-state index contributed by atoms with van der Waals surface area (Å²) in [4.78, 5) is 10.8. The molecule has 0 radical (unpaired) electrons. The number of hydrogen-bond donors (Lipinski definition) is 1. The Kier molecular flexibility index (Phi) is 5.65. The molecule has 0 heterocycles. The minimum atomic E-state index is -0.930. The summed E-state index contributed by atoms with van der Waals surface area (Å²) in [6.07, 6.45) is 6.01. The van der Waals surface area contributed by atoms with Gasteiger partial charge < -0.3 is 14.6 Å². The van der Waals surface area contributed by atoms with E-state index in [0.29, 0.717) is 0 Å². The minimum absolute atomic E-state index is 0.101. The van der Waals surface area contributed by atoms with Gasteiger partial charge in [-0.2, -0.15) is 0 Å². The Bertz CT molecular complexity index is 185. The topological polar surface area (TPSA) is 55.8 Å². The van der Waals surface area contributed by atoms with Gasteiger partial charge >= 0.3 is 5.97 Å². The van der Waals surface area contributed by atoms with Gasteiger partial charge in [-0.15, -0.1) is 0 Å². The molecule has 1 saturated carbocycles. The van der Waals surface area contributed by atoms with Crippen LogP contribution in [0.4, 0.5) is 0 Å². The molecule has 1 atom stereocenters. The zero-order valence-electron chi connectivity index (χ0n) is 9.28. The lowest BCUT2D eigenvalue weighted by molar-refractivity contribution is -0.159. The van der Waals surface area contributed by atoms with E-state index in [9.17, 15) is 4.79 Å². The average molecular weight is 216 g/mol. The maximum atomic E-state index is 10.8. The third kappa shape index (κ3) is 4.62. The van der Waals surface area contributed by atoms with Crippen LogP contribution < -0.4 is 0 Å². The molecule has 0 aliphatic heterocycles. The number of ether oxygens (including phenoxy) is 2. The highest BCUT2D eigenvalue weighted by Gasteiger charge is 2.23. The van der Waals surface area contributed by atoms with Crippen LogP contribution in [-0.4, -0.2) is 37.0 Å². The number of carboxylic acids is 1. The van der Waals surface area contributed by atoms with Gasteiger partial charge in [-0.1, -0.05) is 25.7 Å². The second-order valence-corrected chi connectivity index (χ2v) is 4.03. The normalized spacial score (nSPS) is 20.9. The van der Waals surface area contributed by atoms with Crippen molar-refractivity contribution in [2.45, 2.75) is 50.7 Å². The summed E-state index contributed by atoms with van der Waals surface area (Å²) in [6.45, 7) is 0.131. The lowest BCUT2D eigenvalue weighted by atomic mass is 10.1. The molecule has 88 valence electrons. The van der Waals surface area contributed by atoms with E-state index in [2.05, 4.69) is 0 Å². The van der Waals surface area contributed by atoms with Crippen LogP contribution in [0, 0.1) is 0 Å². The number of aliphatic carboxylic acids is 1. The summed E-state index contributed by atoms with van der Waals surface area (Å²) in [5, 5.41) is 8.90. The van der Waals surface area contributed by atoms with Gasteiger partial charge in [0.2, 0.25) is 0 Å². The van der Waals surface area contributed by atoms with Crippen molar-refractivity contribution in [1.82, 2.24) is 0 Å². The Morgan fingerprint density at radius 1 is 1.33 bits per heavy atom. The Balaban J connectivity index is 2.37. The first kappa shape index (κ1) is 12.5. The fourth-order valence-corrected chi connectivity index (χ4v) is 1.93. The Labute approximate surface area is 90.6 Å². The first-order chi connectivity index (χ1) is 7.24. The lowest BCUT2D eigenvalue weighted by Crippen LogP contribution is -2.33. The zero-order valence-corrected chi connectivity index (χ0v) is 9.28. The molecule has 0 aromatic rings. The average Bonchev–Trinajstić information content (AvgIpc) is 2.45.